The monoisotopic (exact) mass is 2170 g/mol. The number of sulfonamides is 6. The second-order valence-electron chi connectivity index (χ2n) is 50.8. The van der Waals surface area contributed by atoms with Gasteiger partial charge in [0.25, 0.3) is 0 Å². The lowest BCUT2D eigenvalue weighted by Gasteiger charge is -2.41. The molecule has 0 radical (unpaired) electrons. The Morgan fingerprint density at radius 1 is 0.289 bits per heavy atom. The fraction of sp³-hybridized carbons (Fsp3) is 0.980. The molecule has 13 aliphatic rings. The van der Waals surface area contributed by atoms with Gasteiger partial charge in [0, 0.05) is 130 Å². The first-order valence-corrected chi connectivity index (χ1v) is 60.9. The third-order valence-electron chi connectivity index (χ3n) is 27.9. The number of carbonyl (C=O) groups is 2. The smallest absolute Gasteiger partial charge is 0.381 e. The van der Waals surface area contributed by atoms with E-state index in [1.54, 1.807) is 44.9 Å². The molecule has 0 aromatic heterocycles. The number of carbonyl (C=O) groups excluding carboxylic acids is 2. The summed E-state index contributed by atoms with van der Waals surface area (Å²) in [4.78, 5) is 25.8. The zero-order chi connectivity index (χ0) is 109. The van der Waals surface area contributed by atoms with E-state index < -0.39 is 89.3 Å². The van der Waals surface area contributed by atoms with E-state index in [0.29, 0.717) is 137 Å². The Labute approximate surface area is 854 Å². The zero-order valence-electron chi connectivity index (χ0n) is 92.8. The molecule has 842 valence electrons. The Hall–Kier alpha value is -2.38. The number of morpholine rings is 7. The van der Waals surface area contributed by atoms with Crippen LogP contribution < -0.4 is 0 Å². The minimum Gasteiger partial charge on any atom is -0.381 e. The van der Waals surface area contributed by atoms with Crippen molar-refractivity contribution in [2.45, 2.75) is 363 Å². The van der Waals surface area contributed by atoms with Crippen LogP contribution in [0, 0.1) is 71.9 Å². The summed E-state index contributed by atoms with van der Waals surface area (Å²) in [6, 6.07) is 0. The van der Waals surface area contributed by atoms with Crippen LogP contribution in [-0.2, 0) is 112 Å². The lowest BCUT2D eigenvalue weighted by atomic mass is 9.77. The van der Waals surface area contributed by atoms with Crippen molar-refractivity contribution in [3.05, 3.63) is 0 Å². The van der Waals surface area contributed by atoms with Crippen LogP contribution in [-0.4, -0.2) is 358 Å². The Balaban J connectivity index is 0.000000331. The molecule has 13 rings (SSSR count). The highest BCUT2D eigenvalue weighted by Gasteiger charge is 2.53. The number of piperidine rings is 1. The van der Waals surface area contributed by atoms with E-state index in [1.807, 2.05) is 25.7 Å². The van der Waals surface area contributed by atoms with Gasteiger partial charge in [-0.05, 0) is 144 Å². The van der Waals surface area contributed by atoms with Gasteiger partial charge >= 0.3 is 27.6 Å². The quantitative estimate of drug-likeness (QED) is 0.183. The molecule has 2 amide bonds. The molecular formula is C99H190F6N8O23S6. The standard InChI is InChI=1S/C12H23NO3S.C12H21NO2.C11H21NO3S.C10H16F3NO2.C10H21NO3S.C10H21NO2S.C9H16F3NO3S.C9H19NO3S.2C8H16O/c1-12(2,3)11-9-13(7-8-16-11)17(14,15)10-5-4-6-10;1-12(2,3)10-8-13(6-7-15-10)11(14)9-4-5-9;1-11(2,3)10-8-12(6-7-15-10)16(13,14)9-4-5-9;1-9(2,3)7-6-14(4-5-16-7)8(15)10(11,12)13;1-5-15(12,13)11-6-7-14-9(8-11)10(2,3)4;1-10(2,3)9-6-5-7-11(8-9)14(4,12)13;1-8(2,3)7-6-13(4-5-16-7)17(14,15)9(10,11)12;1-9(2,3)8-7-10(5-6-13-8)14(4,11)12;1-8(2,3)7-4-5-9-6-7;1-8(2,3)7-5-4-6-9-7/h10-11H,4-9H2,1-3H3;9-10H,4-8H2,1-3H3;9-10H,4-8H2,1-3H3;7H,4-6H2,1-3H3;9H,5-8H2,1-4H3;9H,5-8H2,1-4H3;7H,4-6H2,1-3H3;8H,5-7H2,1-4H3;2*7H,4-6H2,1-3H3. The molecule has 0 bridgehead atoms. The molecule has 10 aliphatic heterocycles. The molecule has 31 nitrogen and oxygen atoms in total. The average Bonchev–Trinajstić information content (AvgIpc) is 1.65. The molecule has 0 aromatic carbocycles. The van der Waals surface area contributed by atoms with Crippen molar-refractivity contribution in [1.82, 2.24) is 35.6 Å². The first-order valence-electron chi connectivity index (χ1n) is 51.2. The summed E-state index contributed by atoms with van der Waals surface area (Å²) >= 11 is 0. The maximum absolute atomic E-state index is 12.4. The zero-order valence-corrected chi connectivity index (χ0v) is 97.7. The molecule has 0 spiro atoms. The van der Waals surface area contributed by atoms with Crippen molar-refractivity contribution in [2.75, 3.05) is 189 Å². The van der Waals surface area contributed by atoms with E-state index in [4.69, 9.17) is 42.6 Å². The van der Waals surface area contributed by atoms with Crippen LogP contribution in [0.3, 0.4) is 0 Å². The molecule has 10 atom stereocenters. The highest BCUT2D eigenvalue weighted by molar-refractivity contribution is 7.90. The van der Waals surface area contributed by atoms with Crippen LogP contribution in [0.1, 0.15) is 292 Å². The predicted octanol–water partition coefficient (Wildman–Crippen LogP) is 15.7. The van der Waals surface area contributed by atoms with Crippen LogP contribution in [0.4, 0.5) is 26.3 Å². The van der Waals surface area contributed by atoms with Gasteiger partial charge in [0.15, 0.2) is 0 Å². The van der Waals surface area contributed by atoms with Gasteiger partial charge < -0.3 is 52.4 Å². The number of hydrogen-bond acceptors (Lipinski definition) is 23. The molecule has 0 aromatic rings. The van der Waals surface area contributed by atoms with Crippen molar-refractivity contribution >= 4 is 72.0 Å². The summed E-state index contributed by atoms with van der Waals surface area (Å²) in [6.45, 7) is 76.5. The largest absolute Gasteiger partial charge is 0.511 e. The average molecular weight is 2170 g/mol. The third kappa shape index (κ3) is 44.0. The highest BCUT2D eigenvalue weighted by Crippen LogP contribution is 2.41. The summed E-state index contributed by atoms with van der Waals surface area (Å²) in [5.74, 6) is 0.369. The van der Waals surface area contributed by atoms with E-state index in [0.717, 1.165) is 102 Å². The van der Waals surface area contributed by atoms with E-state index in [9.17, 15) is 86.4 Å². The normalized spacial score (nSPS) is 26.9. The maximum Gasteiger partial charge on any atom is 0.511 e. The van der Waals surface area contributed by atoms with Crippen molar-refractivity contribution in [2.24, 2.45) is 71.9 Å². The van der Waals surface area contributed by atoms with Crippen LogP contribution in [0.25, 0.3) is 0 Å². The van der Waals surface area contributed by atoms with Crippen molar-refractivity contribution in [3.8, 4) is 0 Å². The second kappa shape index (κ2) is 53.0. The lowest BCUT2D eigenvalue weighted by Crippen LogP contribution is -2.53. The number of amides is 2. The SMILES string of the molecule is CC(C)(C)C1CCCN(S(C)(=O)=O)C1.CC(C)(C)C1CCCO1.CC(C)(C)C1CCOC1.CC(C)(C)C1CN(C(=O)C(F)(F)F)CCO1.CC(C)(C)C1CN(C(=O)C2CC2)CCO1.CC(C)(C)C1CN(S(=O)(=O)C(F)(F)F)CCO1.CC(C)(C)C1CN(S(=O)(=O)C2CC2)CCO1.CC(C)(C)C1CN(S(=O)(=O)C2CCC2)CCO1.CC(C)(C)C1CN(S(C)(=O)=O)CCO1.CCS(=O)(=O)N1CCOC(C(C)(C)C)C1. The van der Waals surface area contributed by atoms with Gasteiger partial charge in [0.1, 0.15) is 0 Å². The molecule has 10 heterocycles. The molecule has 10 unspecified atom stereocenters. The van der Waals surface area contributed by atoms with Crippen LogP contribution in [0.5, 0.6) is 0 Å². The number of halogens is 6. The lowest BCUT2D eigenvalue weighted by molar-refractivity contribution is -0.193. The summed E-state index contributed by atoms with van der Waals surface area (Å²) in [5.41, 5.74) is -4.80. The van der Waals surface area contributed by atoms with E-state index in [2.05, 4.69) is 166 Å². The molecule has 3 aliphatic carbocycles. The summed E-state index contributed by atoms with van der Waals surface area (Å²) < 4.78 is 272. The Morgan fingerprint density at radius 2 is 0.599 bits per heavy atom. The third-order valence-corrected chi connectivity index (χ3v) is 38.6. The first-order chi connectivity index (χ1) is 64.1. The minimum atomic E-state index is -5.24. The molecular weight excluding hydrogens is 1980 g/mol. The van der Waals surface area contributed by atoms with Gasteiger partial charge in [-0.2, -0.15) is 47.9 Å². The van der Waals surface area contributed by atoms with Gasteiger partial charge in [-0.3, -0.25) is 9.59 Å². The van der Waals surface area contributed by atoms with Crippen molar-refractivity contribution in [3.63, 3.8) is 0 Å². The number of alkyl halides is 6. The number of ether oxygens (including phenoxy) is 9. The molecule has 43 heteroatoms. The Morgan fingerprint density at radius 3 is 0.887 bits per heavy atom. The van der Waals surface area contributed by atoms with Gasteiger partial charge in [0.2, 0.25) is 56.0 Å². The Kier molecular flexibility index (Phi) is 49.2. The number of nitrogens with zero attached hydrogens (tertiary/aromatic N) is 8. The van der Waals surface area contributed by atoms with Gasteiger partial charge in [-0.15, -0.1) is 0 Å². The summed E-state index contributed by atoms with van der Waals surface area (Å²) in [7, 11) is -20.4. The molecule has 0 N–H and O–H groups in total. The predicted molar refractivity (Wildman–Crippen MR) is 547 cm³/mol. The van der Waals surface area contributed by atoms with Gasteiger partial charge in [-0.1, -0.05) is 214 Å². The minimum absolute atomic E-state index is 0.00183. The van der Waals surface area contributed by atoms with E-state index >= 15 is 0 Å². The number of rotatable bonds is 10. The summed E-state index contributed by atoms with van der Waals surface area (Å²) in [6.07, 6.45) is 10.0. The first kappa shape index (κ1) is 132. The fourth-order valence-electron chi connectivity index (χ4n) is 16.7. The van der Waals surface area contributed by atoms with Gasteiger partial charge in [0.05, 0.1) is 124 Å². The fourth-order valence-corrected chi connectivity index (χ4v) is 24.3. The second-order valence-corrected chi connectivity index (χ2v) is 63.3. The maximum atomic E-state index is 12.4. The molecule has 142 heavy (non-hydrogen) atoms. The van der Waals surface area contributed by atoms with E-state index in [1.165, 1.54) is 36.1 Å². The van der Waals surface area contributed by atoms with Crippen LogP contribution in [0.2, 0.25) is 0 Å². The van der Waals surface area contributed by atoms with Crippen molar-refractivity contribution in [1.29, 1.82) is 0 Å². The Bertz CT molecular complexity index is 4460. The van der Waals surface area contributed by atoms with Crippen LogP contribution >= 0.6 is 0 Å². The molecule has 10 saturated heterocycles. The van der Waals surface area contributed by atoms with Gasteiger partial charge in [-0.25, -0.2) is 54.8 Å². The molecule has 13 fully saturated rings. The highest BCUT2D eigenvalue weighted by atomic mass is 32.2. The van der Waals surface area contributed by atoms with E-state index in [-0.39, 0.29) is 130 Å². The molecule has 3 saturated carbocycles. The van der Waals surface area contributed by atoms with Crippen LogP contribution in [0.15, 0.2) is 0 Å². The van der Waals surface area contributed by atoms with Crippen molar-refractivity contribution < 1.29 is 129 Å². The summed E-state index contributed by atoms with van der Waals surface area (Å²) in [5, 5.41) is -0.229. The topological polar surface area (TPSA) is 348 Å². The number of hydrogen-bond donors (Lipinski definition) is 0.